The number of hydrogen-bond acceptors (Lipinski definition) is 6. The third kappa shape index (κ3) is 4.99. The van der Waals surface area contributed by atoms with Gasteiger partial charge in [-0.3, -0.25) is 9.69 Å². The smallest absolute Gasteiger partial charge is 0.282 e. The van der Waals surface area contributed by atoms with Gasteiger partial charge in [-0.25, -0.2) is 4.98 Å². The van der Waals surface area contributed by atoms with E-state index in [1.807, 2.05) is 4.90 Å². The maximum atomic E-state index is 12.6. The van der Waals surface area contributed by atoms with E-state index < -0.39 is 10.2 Å². The Morgan fingerprint density at radius 3 is 2.38 bits per heavy atom. The lowest BCUT2D eigenvalue weighted by Crippen LogP contribution is -2.55. The van der Waals surface area contributed by atoms with Crippen LogP contribution in [0, 0.1) is 0 Å². The number of hydrogen-bond donors (Lipinski definition) is 1. The number of aromatic nitrogens is 1. The highest BCUT2D eigenvalue weighted by Gasteiger charge is 2.33. The zero-order valence-corrected chi connectivity index (χ0v) is 16.7. The van der Waals surface area contributed by atoms with E-state index in [1.54, 1.807) is 18.3 Å². The van der Waals surface area contributed by atoms with Crippen LogP contribution in [0.2, 0.25) is 0 Å². The first-order valence-corrected chi connectivity index (χ1v) is 10.6. The fourth-order valence-electron chi connectivity index (χ4n) is 2.89. The number of anilines is 1. The molecule has 0 unspecified atom stereocenters. The molecular formula is C15H22BrN5O4S. The van der Waals surface area contributed by atoms with Crippen LogP contribution < -0.4 is 5.32 Å². The van der Waals surface area contributed by atoms with Crippen molar-refractivity contribution in [1.82, 2.24) is 18.5 Å². The standard InChI is InChI=1S/C15H22BrN5O4S/c16-13-1-2-14(17-11-13)18-15(22)12-19-3-5-20(6-4-19)26(23,24)21-7-9-25-10-8-21/h1-2,11H,3-10,12H2,(H,17,18,22). The predicted octanol–water partition coefficient (Wildman–Crippen LogP) is -0.0228. The first-order valence-electron chi connectivity index (χ1n) is 8.42. The maximum absolute atomic E-state index is 12.6. The molecule has 3 heterocycles. The SMILES string of the molecule is O=C(CN1CCN(S(=O)(=O)N2CCOCC2)CC1)Nc1ccc(Br)cn1. The summed E-state index contributed by atoms with van der Waals surface area (Å²) in [6.45, 7) is 3.66. The van der Waals surface area contributed by atoms with Crippen molar-refractivity contribution >= 4 is 37.9 Å². The van der Waals surface area contributed by atoms with Crippen LogP contribution in [0.25, 0.3) is 0 Å². The topological polar surface area (TPSA) is 95.1 Å². The average molecular weight is 448 g/mol. The molecule has 0 aliphatic carbocycles. The van der Waals surface area contributed by atoms with Gasteiger partial charge in [0.15, 0.2) is 0 Å². The summed E-state index contributed by atoms with van der Waals surface area (Å²) in [5.41, 5.74) is 0. The van der Waals surface area contributed by atoms with Crippen LogP contribution in [0.5, 0.6) is 0 Å². The highest BCUT2D eigenvalue weighted by Crippen LogP contribution is 2.14. The number of carbonyl (C=O) groups is 1. The Hall–Kier alpha value is -1.11. The second-order valence-corrected chi connectivity index (χ2v) is 8.95. The van der Waals surface area contributed by atoms with E-state index in [0.29, 0.717) is 58.3 Å². The van der Waals surface area contributed by atoms with Gasteiger partial charge in [-0.15, -0.1) is 0 Å². The molecule has 144 valence electrons. The van der Waals surface area contributed by atoms with Gasteiger partial charge in [-0.05, 0) is 28.1 Å². The fraction of sp³-hybridized carbons (Fsp3) is 0.600. The Kier molecular flexibility index (Phi) is 6.59. The third-order valence-electron chi connectivity index (χ3n) is 4.32. The van der Waals surface area contributed by atoms with Gasteiger partial charge in [0.25, 0.3) is 10.2 Å². The maximum Gasteiger partial charge on any atom is 0.282 e. The quantitative estimate of drug-likeness (QED) is 0.681. The molecule has 9 nitrogen and oxygen atoms in total. The molecule has 26 heavy (non-hydrogen) atoms. The van der Waals surface area contributed by atoms with Gasteiger partial charge < -0.3 is 10.1 Å². The monoisotopic (exact) mass is 447 g/mol. The van der Waals surface area contributed by atoms with Crippen molar-refractivity contribution in [2.45, 2.75) is 0 Å². The lowest BCUT2D eigenvalue weighted by atomic mass is 10.3. The first-order chi connectivity index (χ1) is 12.4. The molecule has 0 bridgehead atoms. The molecule has 0 radical (unpaired) electrons. The molecule has 0 aromatic carbocycles. The number of morpholine rings is 1. The Morgan fingerprint density at radius 2 is 1.77 bits per heavy atom. The molecule has 1 N–H and O–H groups in total. The largest absolute Gasteiger partial charge is 0.379 e. The lowest BCUT2D eigenvalue weighted by Gasteiger charge is -2.37. The highest BCUT2D eigenvalue weighted by atomic mass is 79.9. The number of piperazine rings is 1. The van der Waals surface area contributed by atoms with E-state index in [0.717, 1.165) is 4.47 Å². The number of nitrogens with one attached hydrogen (secondary N) is 1. The van der Waals surface area contributed by atoms with Crippen molar-refractivity contribution < 1.29 is 17.9 Å². The molecule has 1 amide bonds. The molecule has 1 aromatic rings. The summed E-state index contributed by atoms with van der Waals surface area (Å²) in [7, 11) is -3.44. The lowest BCUT2D eigenvalue weighted by molar-refractivity contribution is -0.117. The molecule has 1 aromatic heterocycles. The molecule has 0 spiro atoms. The molecule has 2 aliphatic rings. The molecule has 11 heteroatoms. The van der Waals surface area contributed by atoms with Crippen LogP contribution >= 0.6 is 15.9 Å². The van der Waals surface area contributed by atoms with Gasteiger partial charge >= 0.3 is 0 Å². The predicted molar refractivity (Wildman–Crippen MR) is 99.9 cm³/mol. The van der Waals surface area contributed by atoms with E-state index in [-0.39, 0.29) is 12.5 Å². The molecule has 2 aliphatic heterocycles. The molecule has 2 fully saturated rings. The van der Waals surface area contributed by atoms with Crippen molar-refractivity contribution in [2.24, 2.45) is 0 Å². The van der Waals surface area contributed by atoms with Crippen LogP contribution in [0.15, 0.2) is 22.8 Å². The number of halogens is 1. The Morgan fingerprint density at radius 1 is 1.12 bits per heavy atom. The minimum absolute atomic E-state index is 0.163. The molecule has 3 rings (SSSR count). The molecule has 2 saturated heterocycles. The molecule has 0 saturated carbocycles. The average Bonchev–Trinajstić information content (AvgIpc) is 2.65. The Labute approximate surface area is 161 Å². The summed E-state index contributed by atoms with van der Waals surface area (Å²) in [6, 6.07) is 3.52. The number of rotatable bonds is 5. The van der Waals surface area contributed by atoms with Crippen molar-refractivity contribution in [3.8, 4) is 0 Å². The van der Waals surface area contributed by atoms with Gasteiger partial charge in [0, 0.05) is 49.9 Å². The van der Waals surface area contributed by atoms with E-state index in [9.17, 15) is 13.2 Å². The second kappa shape index (κ2) is 8.72. The van der Waals surface area contributed by atoms with E-state index >= 15 is 0 Å². The van der Waals surface area contributed by atoms with Crippen LogP contribution in [-0.2, 0) is 19.7 Å². The zero-order chi connectivity index (χ0) is 18.6. The molecule has 0 atom stereocenters. The number of pyridine rings is 1. The molecular weight excluding hydrogens is 426 g/mol. The van der Waals surface area contributed by atoms with E-state index in [2.05, 4.69) is 26.2 Å². The number of nitrogens with zero attached hydrogens (tertiary/aromatic N) is 4. The van der Waals surface area contributed by atoms with E-state index in [1.165, 1.54) is 8.61 Å². The second-order valence-electron chi connectivity index (χ2n) is 6.10. The van der Waals surface area contributed by atoms with Gasteiger partial charge in [0.2, 0.25) is 5.91 Å². The van der Waals surface area contributed by atoms with Gasteiger partial charge in [0.1, 0.15) is 5.82 Å². The van der Waals surface area contributed by atoms with Crippen molar-refractivity contribution in [3.63, 3.8) is 0 Å². The highest BCUT2D eigenvalue weighted by molar-refractivity contribution is 9.10. The summed E-state index contributed by atoms with van der Waals surface area (Å²) < 4.78 is 34.3. The number of ether oxygens (including phenoxy) is 1. The third-order valence-corrected chi connectivity index (χ3v) is 6.82. The van der Waals surface area contributed by atoms with E-state index in [4.69, 9.17) is 4.74 Å². The summed E-state index contributed by atoms with van der Waals surface area (Å²) in [5, 5.41) is 2.74. The van der Waals surface area contributed by atoms with Crippen LogP contribution in [0.1, 0.15) is 0 Å². The van der Waals surface area contributed by atoms with Gasteiger partial charge in [-0.2, -0.15) is 17.0 Å². The summed E-state index contributed by atoms with van der Waals surface area (Å²) >= 11 is 3.29. The Bertz CT molecular complexity index is 716. The Balaban J connectivity index is 1.47. The van der Waals surface area contributed by atoms with Crippen LogP contribution in [0.4, 0.5) is 5.82 Å². The van der Waals surface area contributed by atoms with Crippen molar-refractivity contribution in [3.05, 3.63) is 22.8 Å². The van der Waals surface area contributed by atoms with Crippen LogP contribution in [-0.4, -0.2) is 91.8 Å². The summed E-state index contributed by atoms with van der Waals surface area (Å²) in [5.74, 6) is 0.330. The fourth-order valence-corrected chi connectivity index (χ4v) is 4.69. The zero-order valence-electron chi connectivity index (χ0n) is 14.3. The summed E-state index contributed by atoms with van der Waals surface area (Å²) in [4.78, 5) is 18.2. The minimum Gasteiger partial charge on any atom is -0.379 e. The van der Waals surface area contributed by atoms with Crippen molar-refractivity contribution in [1.29, 1.82) is 0 Å². The normalized spacial score (nSPS) is 20.8. The van der Waals surface area contributed by atoms with Crippen molar-refractivity contribution in [2.75, 3.05) is 64.3 Å². The van der Waals surface area contributed by atoms with Crippen LogP contribution in [0.3, 0.4) is 0 Å². The summed E-state index contributed by atoms with van der Waals surface area (Å²) in [6.07, 6.45) is 1.62. The van der Waals surface area contributed by atoms with Gasteiger partial charge in [0.05, 0.1) is 19.8 Å². The first kappa shape index (κ1) is 19.6. The number of carbonyl (C=O) groups excluding carboxylic acids is 1. The van der Waals surface area contributed by atoms with Gasteiger partial charge in [-0.1, -0.05) is 0 Å². The minimum atomic E-state index is -3.44. The number of amides is 1.